The van der Waals surface area contributed by atoms with Gasteiger partial charge in [-0.3, -0.25) is 5.26 Å². The summed E-state index contributed by atoms with van der Waals surface area (Å²) in [5, 5.41) is 11.4. The van der Waals surface area contributed by atoms with E-state index in [2.05, 4.69) is 10.2 Å². The summed E-state index contributed by atoms with van der Waals surface area (Å²) in [6, 6.07) is 9.48. The molecular formula is C18H27NO3. The number of ether oxygens (including phenoxy) is 1. The van der Waals surface area contributed by atoms with Crippen LogP contribution in [0.4, 0.5) is 0 Å². The van der Waals surface area contributed by atoms with Gasteiger partial charge in [-0.15, -0.1) is 0 Å². The highest BCUT2D eigenvalue weighted by atomic mass is 17.1. The van der Waals surface area contributed by atoms with E-state index in [1.165, 1.54) is 44.3 Å². The first-order valence-corrected chi connectivity index (χ1v) is 8.05. The van der Waals surface area contributed by atoms with Gasteiger partial charge in [0.2, 0.25) is 0 Å². The molecule has 4 heteroatoms. The third kappa shape index (κ3) is 5.44. The fraction of sp³-hybridized carbons (Fsp3) is 0.556. The third-order valence-corrected chi connectivity index (χ3v) is 4.46. The minimum atomic E-state index is 0.265. The zero-order valence-electron chi connectivity index (χ0n) is 13.3. The minimum absolute atomic E-state index is 0.265. The summed E-state index contributed by atoms with van der Waals surface area (Å²) in [6.07, 6.45) is 7.27. The van der Waals surface area contributed by atoms with Gasteiger partial charge in [0, 0.05) is 0 Å². The lowest BCUT2D eigenvalue weighted by Crippen LogP contribution is -2.34. The Morgan fingerprint density at radius 3 is 2.41 bits per heavy atom. The maximum atomic E-state index is 8.02. The number of hydrogen-bond acceptors (Lipinski definition) is 4. The van der Waals surface area contributed by atoms with Crippen molar-refractivity contribution >= 4 is 0 Å². The summed E-state index contributed by atoms with van der Waals surface area (Å²) in [7, 11) is 1.74. The van der Waals surface area contributed by atoms with Gasteiger partial charge in [-0.25, -0.2) is 4.89 Å². The molecule has 1 saturated heterocycles. The van der Waals surface area contributed by atoms with Gasteiger partial charge in [-0.05, 0) is 61.7 Å². The van der Waals surface area contributed by atoms with E-state index in [0.717, 1.165) is 17.4 Å². The van der Waals surface area contributed by atoms with Gasteiger partial charge in [-0.1, -0.05) is 30.3 Å². The zero-order chi connectivity index (χ0) is 15.6. The van der Waals surface area contributed by atoms with Crippen molar-refractivity contribution in [1.29, 1.82) is 0 Å². The molecule has 0 radical (unpaired) electrons. The number of benzene rings is 1. The van der Waals surface area contributed by atoms with E-state index < -0.39 is 0 Å². The fourth-order valence-electron chi connectivity index (χ4n) is 3.17. The average molecular weight is 305 g/mol. The molecule has 1 saturated carbocycles. The molecule has 2 aliphatic rings. The van der Waals surface area contributed by atoms with Crippen molar-refractivity contribution in [2.24, 2.45) is 11.8 Å². The molecule has 0 bridgehead atoms. The lowest BCUT2D eigenvalue weighted by atomic mass is 9.70. The number of allylic oxidation sites excluding steroid dienone is 1. The summed E-state index contributed by atoms with van der Waals surface area (Å²) in [5.74, 6) is 1.94. The molecule has 22 heavy (non-hydrogen) atoms. The Morgan fingerprint density at radius 1 is 1.14 bits per heavy atom. The molecule has 3 rings (SSSR count). The summed E-state index contributed by atoms with van der Waals surface area (Å²) < 4.78 is 5.01. The SMILES string of the molecule is COC=C1CC(C2CCNCC2)C1.OOCc1ccccc1. The van der Waals surface area contributed by atoms with Crippen molar-refractivity contribution in [2.75, 3.05) is 20.2 Å². The highest BCUT2D eigenvalue weighted by molar-refractivity contribution is 5.13. The molecule has 0 aromatic heterocycles. The van der Waals surface area contributed by atoms with Gasteiger partial charge in [0.25, 0.3) is 0 Å². The Hall–Kier alpha value is -1.36. The van der Waals surface area contributed by atoms with Crippen LogP contribution in [0.15, 0.2) is 42.2 Å². The van der Waals surface area contributed by atoms with Crippen molar-refractivity contribution in [3.63, 3.8) is 0 Å². The Labute approximate surface area is 133 Å². The molecule has 1 aliphatic carbocycles. The first kappa shape index (κ1) is 17.0. The van der Waals surface area contributed by atoms with E-state index in [9.17, 15) is 0 Å². The van der Waals surface area contributed by atoms with E-state index in [4.69, 9.17) is 9.99 Å². The Balaban J connectivity index is 0.000000172. The van der Waals surface area contributed by atoms with Crippen LogP contribution < -0.4 is 5.32 Å². The predicted octanol–water partition coefficient (Wildman–Crippen LogP) is 3.60. The van der Waals surface area contributed by atoms with Crippen LogP contribution in [-0.2, 0) is 16.2 Å². The van der Waals surface area contributed by atoms with Gasteiger partial charge in [0.1, 0.15) is 6.61 Å². The highest BCUT2D eigenvalue weighted by Gasteiger charge is 2.31. The average Bonchev–Trinajstić information content (AvgIpc) is 2.53. The molecule has 2 fully saturated rings. The largest absolute Gasteiger partial charge is 0.504 e. The van der Waals surface area contributed by atoms with Crippen molar-refractivity contribution in [2.45, 2.75) is 32.3 Å². The molecule has 122 valence electrons. The van der Waals surface area contributed by atoms with Crippen LogP contribution >= 0.6 is 0 Å². The molecule has 0 spiro atoms. The van der Waals surface area contributed by atoms with Crippen molar-refractivity contribution in [3.05, 3.63) is 47.7 Å². The quantitative estimate of drug-likeness (QED) is 0.507. The van der Waals surface area contributed by atoms with Crippen LogP contribution in [0.3, 0.4) is 0 Å². The summed E-state index contributed by atoms with van der Waals surface area (Å²) >= 11 is 0. The maximum Gasteiger partial charge on any atom is 0.107 e. The van der Waals surface area contributed by atoms with Crippen LogP contribution in [0, 0.1) is 11.8 Å². The second-order valence-electron chi connectivity index (χ2n) is 6.03. The Bertz CT molecular complexity index is 433. The van der Waals surface area contributed by atoms with Gasteiger partial charge in [0.05, 0.1) is 13.4 Å². The van der Waals surface area contributed by atoms with Crippen LogP contribution in [0.1, 0.15) is 31.2 Å². The van der Waals surface area contributed by atoms with Crippen LogP contribution in [0.2, 0.25) is 0 Å². The van der Waals surface area contributed by atoms with Crippen molar-refractivity contribution in [1.82, 2.24) is 5.32 Å². The molecule has 1 aromatic carbocycles. The fourth-order valence-corrected chi connectivity index (χ4v) is 3.17. The van der Waals surface area contributed by atoms with E-state index in [1.54, 1.807) is 7.11 Å². The number of methoxy groups -OCH3 is 1. The minimum Gasteiger partial charge on any atom is -0.504 e. The zero-order valence-corrected chi connectivity index (χ0v) is 13.3. The molecule has 1 heterocycles. The monoisotopic (exact) mass is 305 g/mol. The number of hydrogen-bond donors (Lipinski definition) is 2. The molecule has 1 aromatic rings. The second-order valence-corrected chi connectivity index (χ2v) is 6.03. The van der Waals surface area contributed by atoms with Gasteiger partial charge in [-0.2, -0.15) is 0 Å². The third-order valence-electron chi connectivity index (χ3n) is 4.46. The predicted molar refractivity (Wildman–Crippen MR) is 87.3 cm³/mol. The second kappa shape index (κ2) is 9.62. The first-order valence-electron chi connectivity index (χ1n) is 8.05. The smallest absolute Gasteiger partial charge is 0.107 e. The van der Waals surface area contributed by atoms with Crippen LogP contribution in [-0.4, -0.2) is 25.5 Å². The molecular weight excluding hydrogens is 278 g/mol. The maximum absolute atomic E-state index is 8.02. The first-order chi connectivity index (χ1) is 10.8. The van der Waals surface area contributed by atoms with E-state index in [1.807, 2.05) is 36.6 Å². The summed E-state index contributed by atoms with van der Waals surface area (Å²) in [4.78, 5) is 3.93. The van der Waals surface area contributed by atoms with Crippen molar-refractivity contribution < 1.29 is 14.9 Å². The molecule has 1 aliphatic heterocycles. The Kier molecular flexibility index (Phi) is 7.43. The Morgan fingerprint density at radius 2 is 1.82 bits per heavy atom. The number of piperidine rings is 1. The van der Waals surface area contributed by atoms with E-state index in [0.29, 0.717) is 0 Å². The van der Waals surface area contributed by atoms with Crippen molar-refractivity contribution in [3.8, 4) is 0 Å². The normalized spacial score (nSPS) is 21.4. The molecule has 0 unspecified atom stereocenters. The van der Waals surface area contributed by atoms with E-state index >= 15 is 0 Å². The summed E-state index contributed by atoms with van der Waals surface area (Å²) in [5.41, 5.74) is 2.48. The molecule has 0 atom stereocenters. The van der Waals surface area contributed by atoms with Gasteiger partial charge >= 0.3 is 0 Å². The highest BCUT2D eigenvalue weighted by Crippen LogP contribution is 2.41. The van der Waals surface area contributed by atoms with Crippen LogP contribution in [0.5, 0.6) is 0 Å². The summed E-state index contributed by atoms with van der Waals surface area (Å²) in [6.45, 7) is 2.72. The molecule has 4 nitrogen and oxygen atoms in total. The molecule has 2 N–H and O–H groups in total. The standard InChI is InChI=1S/C11H19NO.C7H8O2/c1-13-8-9-6-11(7-9)10-2-4-12-5-3-10;8-9-6-7-4-2-1-3-5-7/h8,10-12H,2-7H2,1H3;1-5,8H,6H2. The van der Waals surface area contributed by atoms with Gasteiger partial charge in [0.15, 0.2) is 0 Å². The lowest BCUT2D eigenvalue weighted by Gasteiger charge is -2.38. The topological polar surface area (TPSA) is 50.7 Å². The molecule has 0 amide bonds. The van der Waals surface area contributed by atoms with Crippen LogP contribution in [0.25, 0.3) is 0 Å². The number of rotatable bonds is 4. The van der Waals surface area contributed by atoms with E-state index in [-0.39, 0.29) is 6.61 Å². The lowest BCUT2D eigenvalue weighted by molar-refractivity contribution is -0.253. The van der Waals surface area contributed by atoms with Gasteiger partial charge < -0.3 is 10.1 Å². The number of nitrogens with one attached hydrogen (secondary N) is 1.